The molecule has 0 N–H and O–H groups in total. The highest BCUT2D eigenvalue weighted by molar-refractivity contribution is 9.10. The highest BCUT2D eigenvalue weighted by Crippen LogP contribution is 2.42. The summed E-state index contributed by atoms with van der Waals surface area (Å²) in [5, 5.41) is 23.0. The predicted octanol–water partition coefficient (Wildman–Crippen LogP) is 9.64. The number of anilines is 2. The Kier molecular flexibility index (Phi) is 12.0. The van der Waals surface area contributed by atoms with Gasteiger partial charge in [-0.1, -0.05) is 107 Å². The number of carbonyl (C=O) groups excluding carboxylic acids is 2. The van der Waals surface area contributed by atoms with E-state index in [4.69, 9.17) is 9.47 Å². The molecular weight excluding hydrogens is 764 g/mol. The summed E-state index contributed by atoms with van der Waals surface area (Å²) in [5.41, 5.74) is 4.98. The van der Waals surface area contributed by atoms with Gasteiger partial charge < -0.3 is 9.47 Å². The number of amides is 2. The lowest BCUT2D eigenvalue weighted by Gasteiger charge is -2.17. The maximum absolute atomic E-state index is 12.6. The summed E-state index contributed by atoms with van der Waals surface area (Å²) in [7, 11) is 0. The van der Waals surface area contributed by atoms with Gasteiger partial charge in [0, 0.05) is 40.3 Å². The smallest absolute Gasteiger partial charge is 0.414 e. The van der Waals surface area contributed by atoms with Crippen molar-refractivity contribution < 1.29 is 28.9 Å². The minimum absolute atomic E-state index is 0.0581. The molecular formula is C39H33BrN4O8S. The van der Waals surface area contributed by atoms with Crippen molar-refractivity contribution >= 4 is 62.6 Å². The average molecular weight is 798 g/mol. The third kappa shape index (κ3) is 9.20. The molecule has 5 aromatic carbocycles. The zero-order chi connectivity index (χ0) is 37.3. The minimum atomic E-state index is -0.571. The number of benzene rings is 5. The molecule has 0 aliphatic carbocycles. The van der Waals surface area contributed by atoms with Gasteiger partial charge in [0.2, 0.25) is 0 Å². The van der Waals surface area contributed by atoms with Gasteiger partial charge in [-0.05, 0) is 52.8 Å². The molecule has 0 spiro atoms. The van der Waals surface area contributed by atoms with Gasteiger partial charge in [0.25, 0.3) is 11.4 Å². The van der Waals surface area contributed by atoms with Crippen LogP contribution in [-0.2, 0) is 41.3 Å². The molecule has 53 heavy (non-hydrogen) atoms. The molecule has 5 aromatic rings. The third-order valence-corrected chi connectivity index (χ3v) is 10.0. The first kappa shape index (κ1) is 37.0. The van der Waals surface area contributed by atoms with Crippen LogP contribution in [-0.4, -0.2) is 35.1 Å². The lowest BCUT2D eigenvalue weighted by atomic mass is 10.1. The van der Waals surface area contributed by atoms with Gasteiger partial charge in [-0.15, -0.1) is 11.8 Å². The molecule has 0 saturated carbocycles. The number of ether oxygens (including phenoxy) is 2. The number of nitrogens with zero attached hydrogens (tertiary/aromatic N) is 4. The van der Waals surface area contributed by atoms with E-state index in [1.807, 2.05) is 97.1 Å². The first-order valence-electron chi connectivity index (χ1n) is 16.6. The molecule has 0 unspecified atom stereocenters. The van der Waals surface area contributed by atoms with Crippen LogP contribution in [0.1, 0.15) is 27.8 Å². The van der Waals surface area contributed by atoms with E-state index in [0.717, 1.165) is 38.5 Å². The molecule has 0 fully saturated rings. The van der Waals surface area contributed by atoms with E-state index < -0.39 is 22.0 Å². The summed E-state index contributed by atoms with van der Waals surface area (Å²) in [6, 6.07) is 35.3. The van der Waals surface area contributed by atoms with Crippen LogP contribution in [0.25, 0.3) is 0 Å². The fraction of sp³-hybridized carbons (Fsp3) is 0.179. The second-order valence-electron chi connectivity index (χ2n) is 12.1. The van der Waals surface area contributed by atoms with Crippen LogP contribution >= 0.6 is 27.7 Å². The van der Waals surface area contributed by atoms with Crippen LogP contribution in [0, 0.1) is 20.2 Å². The second-order valence-corrected chi connectivity index (χ2v) is 14.0. The Hall–Kier alpha value is -5.73. The fourth-order valence-electron chi connectivity index (χ4n) is 6.04. The number of fused-ring (bicyclic) bond motifs is 2. The van der Waals surface area contributed by atoms with Crippen LogP contribution in [0.15, 0.2) is 125 Å². The minimum Gasteiger partial charge on any atom is -0.444 e. The van der Waals surface area contributed by atoms with E-state index in [2.05, 4.69) is 15.9 Å². The van der Waals surface area contributed by atoms with E-state index in [0.29, 0.717) is 41.8 Å². The summed E-state index contributed by atoms with van der Waals surface area (Å²) in [4.78, 5) is 50.6. The van der Waals surface area contributed by atoms with Gasteiger partial charge >= 0.3 is 12.2 Å². The molecule has 7 rings (SSSR count). The number of nitro groups is 2. The van der Waals surface area contributed by atoms with Gasteiger partial charge in [-0.2, -0.15) is 0 Å². The normalized spacial score (nSPS) is 12.6. The van der Waals surface area contributed by atoms with Crippen molar-refractivity contribution in [3.63, 3.8) is 0 Å². The summed E-state index contributed by atoms with van der Waals surface area (Å²) in [6.45, 7) is 1.01. The molecule has 0 bridgehead atoms. The zero-order valence-electron chi connectivity index (χ0n) is 28.3. The molecule has 2 aliphatic heterocycles. The largest absolute Gasteiger partial charge is 0.444 e. The molecule has 0 atom stereocenters. The van der Waals surface area contributed by atoms with Gasteiger partial charge in [0.1, 0.15) is 24.6 Å². The van der Waals surface area contributed by atoms with Crippen molar-refractivity contribution in [3.05, 3.63) is 168 Å². The van der Waals surface area contributed by atoms with Crippen molar-refractivity contribution in [2.75, 3.05) is 22.9 Å². The zero-order valence-corrected chi connectivity index (χ0v) is 30.7. The summed E-state index contributed by atoms with van der Waals surface area (Å²) in [5.74, 6) is 0.722. The molecule has 12 nitrogen and oxygen atoms in total. The summed E-state index contributed by atoms with van der Waals surface area (Å²) >= 11 is 4.81. The summed E-state index contributed by atoms with van der Waals surface area (Å²) in [6.07, 6.45) is -0.00438. The van der Waals surface area contributed by atoms with Crippen molar-refractivity contribution in [2.24, 2.45) is 0 Å². The lowest BCUT2D eigenvalue weighted by Crippen LogP contribution is -2.30. The first-order chi connectivity index (χ1) is 25.7. The van der Waals surface area contributed by atoms with E-state index in [9.17, 15) is 29.8 Å². The maximum Gasteiger partial charge on any atom is 0.414 e. The van der Waals surface area contributed by atoms with Crippen LogP contribution in [0.5, 0.6) is 0 Å². The van der Waals surface area contributed by atoms with Crippen molar-refractivity contribution in [2.45, 2.75) is 36.7 Å². The SMILES string of the molecule is O=C(OCc1ccccc1)N1CCc2cc(Br)cc([N+](=O)[O-])c21.O=C(OCc1ccccc1)N1CCc2cc(SCc3ccccc3)cc([N+](=O)[O-])c21. The van der Waals surface area contributed by atoms with E-state index >= 15 is 0 Å². The number of hydrogen-bond acceptors (Lipinski definition) is 9. The quantitative estimate of drug-likeness (QED) is 0.0809. The number of hydrogen-bond donors (Lipinski definition) is 0. The third-order valence-electron chi connectivity index (χ3n) is 8.52. The van der Waals surface area contributed by atoms with E-state index in [1.54, 1.807) is 23.9 Å². The highest BCUT2D eigenvalue weighted by Gasteiger charge is 2.35. The molecule has 270 valence electrons. The Bertz CT molecular complexity index is 2120. The van der Waals surface area contributed by atoms with E-state index in [-0.39, 0.29) is 24.6 Å². The molecule has 0 saturated heterocycles. The number of thioether (sulfide) groups is 1. The van der Waals surface area contributed by atoms with Gasteiger partial charge in [0.15, 0.2) is 0 Å². The lowest BCUT2D eigenvalue weighted by molar-refractivity contribution is -0.384. The fourth-order valence-corrected chi connectivity index (χ4v) is 7.48. The highest BCUT2D eigenvalue weighted by atomic mass is 79.9. The van der Waals surface area contributed by atoms with Gasteiger partial charge in [0.05, 0.1) is 9.85 Å². The Morgan fingerprint density at radius 1 is 0.642 bits per heavy atom. The van der Waals surface area contributed by atoms with Gasteiger partial charge in [-0.3, -0.25) is 30.0 Å². The Balaban J connectivity index is 0.000000188. The summed E-state index contributed by atoms with van der Waals surface area (Å²) < 4.78 is 11.3. The predicted molar refractivity (Wildman–Crippen MR) is 205 cm³/mol. The van der Waals surface area contributed by atoms with Crippen LogP contribution in [0.3, 0.4) is 0 Å². The number of halogens is 1. The Morgan fingerprint density at radius 3 is 1.55 bits per heavy atom. The Morgan fingerprint density at radius 2 is 1.08 bits per heavy atom. The van der Waals surface area contributed by atoms with Crippen LogP contribution in [0.2, 0.25) is 0 Å². The van der Waals surface area contributed by atoms with Crippen molar-refractivity contribution in [1.82, 2.24) is 0 Å². The number of carbonyl (C=O) groups is 2. The average Bonchev–Trinajstić information content (AvgIpc) is 3.81. The first-order valence-corrected chi connectivity index (χ1v) is 18.4. The molecule has 0 aromatic heterocycles. The number of nitro benzene ring substituents is 2. The Labute approximate surface area is 317 Å². The van der Waals surface area contributed by atoms with Crippen molar-refractivity contribution in [1.29, 1.82) is 0 Å². The molecule has 0 radical (unpaired) electrons. The monoisotopic (exact) mass is 796 g/mol. The van der Waals surface area contributed by atoms with Gasteiger partial charge in [-0.25, -0.2) is 9.59 Å². The molecule has 2 heterocycles. The van der Waals surface area contributed by atoms with Crippen molar-refractivity contribution in [3.8, 4) is 0 Å². The van der Waals surface area contributed by atoms with Crippen LogP contribution in [0.4, 0.5) is 32.3 Å². The standard InChI is InChI=1S/C23H20N2O4S.C16H13BrN2O4/c26-23(29-15-17-7-3-1-4-8-17)24-12-11-19-13-20(14-21(22(19)24)25(27)28)30-16-18-9-5-2-6-10-18;17-13-8-12-6-7-18(15(12)14(9-13)19(21)22)16(20)23-10-11-4-2-1-3-5-11/h1-10,13-14H,11-12,15-16H2;1-5,8-9H,6-7,10H2. The topological polar surface area (TPSA) is 145 Å². The molecule has 2 amide bonds. The molecule has 2 aliphatic rings. The van der Waals surface area contributed by atoms with E-state index in [1.165, 1.54) is 15.9 Å². The van der Waals surface area contributed by atoms with Crippen LogP contribution < -0.4 is 9.80 Å². The molecule has 14 heteroatoms. The maximum atomic E-state index is 12.6. The number of rotatable bonds is 9. The second kappa shape index (κ2) is 17.2.